The maximum atomic E-state index is 14.2. The van der Waals surface area contributed by atoms with Gasteiger partial charge in [0.25, 0.3) is 0 Å². The summed E-state index contributed by atoms with van der Waals surface area (Å²) >= 11 is 6.43. The van der Waals surface area contributed by atoms with Gasteiger partial charge in [-0.3, -0.25) is 19.3 Å². The highest BCUT2D eigenvalue weighted by atomic mass is 35.5. The molecule has 0 unspecified atom stereocenters. The van der Waals surface area contributed by atoms with E-state index in [1.807, 2.05) is 24.0 Å². The van der Waals surface area contributed by atoms with Crippen molar-refractivity contribution in [3.05, 3.63) is 64.2 Å². The molecule has 9 heteroatoms. The standard InChI is InChI=1S/C29H30ClN3O5/c1-16-18-14-22(34)29(19(18)10-11-20(16)30)24-23(25(35)33(26(24)36)17-8-6-5-7-9-17)21-15-31(12-13-32(21)29)27(37)38-28(2,3)4/h5-11,21,23-24H,12-15H2,1-4H3/t21-,23+,24-,29-/m1/s1. The molecule has 198 valence electrons. The minimum atomic E-state index is -1.28. The van der Waals surface area contributed by atoms with Gasteiger partial charge < -0.3 is 9.64 Å². The highest BCUT2D eigenvalue weighted by Crippen LogP contribution is 2.59. The molecule has 3 heterocycles. The number of anilines is 1. The van der Waals surface area contributed by atoms with Crippen LogP contribution < -0.4 is 4.90 Å². The predicted molar refractivity (Wildman–Crippen MR) is 141 cm³/mol. The van der Waals surface area contributed by atoms with E-state index in [4.69, 9.17) is 16.3 Å². The Bertz CT molecular complexity index is 1390. The van der Waals surface area contributed by atoms with Crippen LogP contribution >= 0.6 is 11.6 Å². The lowest BCUT2D eigenvalue weighted by atomic mass is 9.75. The zero-order chi connectivity index (χ0) is 27.1. The van der Waals surface area contributed by atoms with E-state index in [2.05, 4.69) is 0 Å². The van der Waals surface area contributed by atoms with Gasteiger partial charge in [-0.1, -0.05) is 35.9 Å². The Morgan fingerprint density at radius 1 is 1.03 bits per heavy atom. The number of rotatable bonds is 1. The smallest absolute Gasteiger partial charge is 0.410 e. The number of hydrogen-bond acceptors (Lipinski definition) is 6. The first-order valence-electron chi connectivity index (χ1n) is 13.0. The van der Waals surface area contributed by atoms with Crippen LogP contribution in [-0.2, 0) is 31.1 Å². The lowest BCUT2D eigenvalue weighted by molar-refractivity contribution is -0.138. The highest BCUT2D eigenvalue weighted by Gasteiger charge is 2.74. The van der Waals surface area contributed by atoms with Crippen LogP contribution in [0.15, 0.2) is 42.5 Å². The topological polar surface area (TPSA) is 87.2 Å². The van der Waals surface area contributed by atoms with Crippen LogP contribution in [0.2, 0.25) is 5.02 Å². The van der Waals surface area contributed by atoms with Gasteiger partial charge >= 0.3 is 6.09 Å². The van der Waals surface area contributed by atoms with Gasteiger partial charge in [0.05, 0.1) is 17.5 Å². The van der Waals surface area contributed by atoms with Gasteiger partial charge in [0.15, 0.2) is 5.78 Å². The molecule has 3 aliphatic heterocycles. The van der Waals surface area contributed by atoms with Crippen molar-refractivity contribution in [2.24, 2.45) is 11.8 Å². The van der Waals surface area contributed by atoms with Gasteiger partial charge in [-0.25, -0.2) is 9.69 Å². The van der Waals surface area contributed by atoms with Crippen LogP contribution in [-0.4, -0.2) is 64.8 Å². The lowest BCUT2D eigenvalue weighted by Gasteiger charge is -2.45. The Morgan fingerprint density at radius 3 is 2.42 bits per heavy atom. The van der Waals surface area contributed by atoms with Crippen LogP contribution in [0.5, 0.6) is 0 Å². The van der Waals surface area contributed by atoms with Gasteiger partial charge in [-0.15, -0.1) is 0 Å². The van der Waals surface area contributed by atoms with Crippen molar-refractivity contribution in [2.45, 2.75) is 51.3 Å². The molecule has 2 aromatic rings. The normalized spacial score (nSPS) is 28.7. The molecule has 0 aromatic heterocycles. The second-order valence-electron chi connectivity index (χ2n) is 11.6. The number of carbonyl (C=O) groups is 4. The monoisotopic (exact) mass is 535 g/mol. The SMILES string of the molecule is Cc1c(Cl)ccc2c1CC(=O)[C@@]21[C@H]2C(=O)N(c3ccccc3)C(=O)[C@H]2[C@H]2CN(C(=O)OC(C)(C)C)CCN21. The molecule has 0 N–H and O–H groups in total. The summed E-state index contributed by atoms with van der Waals surface area (Å²) in [7, 11) is 0. The molecule has 4 aliphatic rings. The molecule has 1 spiro atoms. The minimum absolute atomic E-state index is 0.0999. The number of amides is 3. The number of fused-ring (bicyclic) bond motifs is 7. The Hall–Kier alpha value is -3.23. The quantitative estimate of drug-likeness (QED) is 0.517. The van der Waals surface area contributed by atoms with Gasteiger partial charge in [0.1, 0.15) is 11.1 Å². The molecule has 0 saturated carbocycles. The van der Waals surface area contributed by atoms with E-state index in [1.165, 1.54) is 4.90 Å². The van der Waals surface area contributed by atoms with Crippen molar-refractivity contribution in [1.82, 2.24) is 9.80 Å². The van der Waals surface area contributed by atoms with Crippen molar-refractivity contribution in [1.29, 1.82) is 0 Å². The van der Waals surface area contributed by atoms with Crippen molar-refractivity contribution in [2.75, 3.05) is 24.5 Å². The number of nitrogens with zero attached hydrogens (tertiary/aromatic N) is 3. The summed E-state index contributed by atoms with van der Waals surface area (Å²) in [6, 6.07) is 11.9. The molecular formula is C29H30ClN3O5. The zero-order valence-corrected chi connectivity index (χ0v) is 22.6. The lowest BCUT2D eigenvalue weighted by Crippen LogP contribution is -2.62. The zero-order valence-electron chi connectivity index (χ0n) is 21.9. The van der Waals surface area contributed by atoms with Gasteiger partial charge in [0.2, 0.25) is 11.8 Å². The Kier molecular flexibility index (Phi) is 5.53. The van der Waals surface area contributed by atoms with Crippen LogP contribution in [0.25, 0.3) is 0 Å². The van der Waals surface area contributed by atoms with Crippen molar-refractivity contribution < 1.29 is 23.9 Å². The van der Waals surface area contributed by atoms with E-state index >= 15 is 0 Å². The fraction of sp³-hybridized carbons (Fsp3) is 0.448. The number of imide groups is 1. The molecule has 4 atom stereocenters. The predicted octanol–water partition coefficient (Wildman–Crippen LogP) is 3.71. The molecule has 0 radical (unpaired) electrons. The summed E-state index contributed by atoms with van der Waals surface area (Å²) in [4.78, 5) is 60.3. The molecular weight excluding hydrogens is 506 g/mol. The highest BCUT2D eigenvalue weighted by molar-refractivity contribution is 6.31. The molecule has 6 rings (SSSR count). The number of halogens is 1. The number of carbonyl (C=O) groups excluding carboxylic acids is 4. The second-order valence-corrected chi connectivity index (χ2v) is 12.0. The first-order valence-corrected chi connectivity index (χ1v) is 13.3. The van der Waals surface area contributed by atoms with E-state index in [0.29, 0.717) is 23.8 Å². The fourth-order valence-corrected chi connectivity index (χ4v) is 7.17. The van der Waals surface area contributed by atoms with Crippen LogP contribution in [0.1, 0.15) is 37.5 Å². The maximum Gasteiger partial charge on any atom is 0.410 e. The number of para-hydroxylation sites is 1. The van der Waals surface area contributed by atoms with Gasteiger partial charge in [-0.2, -0.15) is 0 Å². The number of Topliss-reactive ketones (excluding diaryl/α,β-unsaturated/α-hetero) is 1. The molecule has 3 fully saturated rings. The second kappa shape index (κ2) is 8.38. The summed E-state index contributed by atoms with van der Waals surface area (Å²) in [6.07, 6.45) is -0.316. The number of hydrogen-bond donors (Lipinski definition) is 0. The number of ether oxygens (including phenoxy) is 1. The van der Waals surface area contributed by atoms with E-state index in [0.717, 1.165) is 16.7 Å². The van der Waals surface area contributed by atoms with Crippen molar-refractivity contribution in [3.8, 4) is 0 Å². The molecule has 3 saturated heterocycles. The molecule has 0 bridgehead atoms. The molecule has 38 heavy (non-hydrogen) atoms. The third kappa shape index (κ3) is 3.32. The van der Waals surface area contributed by atoms with Crippen molar-refractivity contribution >= 4 is 41.0 Å². The summed E-state index contributed by atoms with van der Waals surface area (Å²) < 4.78 is 5.62. The Balaban J connectivity index is 1.50. The van der Waals surface area contributed by atoms with E-state index in [-0.39, 0.29) is 30.6 Å². The van der Waals surface area contributed by atoms with Crippen LogP contribution in [0, 0.1) is 18.8 Å². The van der Waals surface area contributed by atoms with E-state index < -0.39 is 35.1 Å². The molecule has 1 aliphatic carbocycles. The summed E-state index contributed by atoms with van der Waals surface area (Å²) in [5, 5.41) is 0.564. The summed E-state index contributed by atoms with van der Waals surface area (Å²) in [6.45, 7) is 8.16. The third-order valence-corrected chi connectivity index (χ3v) is 8.87. The van der Waals surface area contributed by atoms with E-state index in [1.54, 1.807) is 56.0 Å². The average molecular weight is 536 g/mol. The Morgan fingerprint density at radius 2 is 1.74 bits per heavy atom. The van der Waals surface area contributed by atoms with Crippen LogP contribution in [0.3, 0.4) is 0 Å². The molecule has 3 amide bonds. The molecule has 2 aromatic carbocycles. The van der Waals surface area contributed by atoms with Crippen molar-refractivity contribution in [3.63, 3.8) is 0 Å². The third-order valence-electron chi connectivity index (χ3n) is 8.46. The van der Waals surface area contributed by atoms with Gasteiger partial charge in [0, 0.05) is 37.1 Å². The first-order chi connectivity index (χ1) is 18.0. The van der Waals surface area contributed by atoms with E-state index in [9.17, 15) is 19.2 Å². The minimum Gasteiger partial charge on any atom is -0.444 e. The van der Waals surface area contributed by atoms with Crippen LogP contribution in [0.4, 0.5) is 10.5 Å². The maximum absolute atomic E-state index is 14.2. The average Bonchev–Trinajstić information content (AvgIpc) is 3.43. The fourth-order valence-electron chi connectivity index (χ4n) is 6.99. The summed E-state index contributed by atoms with van der Waals surface area (Å²) in [5.74, 6) is -2.49. The Labute approximate surface area is 226 Å². The number of benzene rings is 2. The number of piperazine rings is 1. The van der Waals surface area contributed by atoms with Gasteiger partial charge in [-0.05, 0) is 62.6 Å². The molecule has 8 nitrogen and oxygen atoms in total. The first kappa shape index (κ1) is 25.1. The summed E-state index contributed by atoms with van der Waals surface area (Å²) in [5.41, 5.74) is 0.929. The largest absolute Gasteiger partial charge is 0.444 e. The number of ketones is 1.